The maximum Gasteiger partial charge on any atom is 0.305 e. The van der Waals surface area contributed by atoms with Gasteiger partial charge >= 0.3 is 5.97 Å². The van der Waals surface area contributed by atoms with Gasteiger partial charge in [-0.3, -0.25) is 4.79 Å². The molecule has 1 heterocycles. The zero-order valence-electron chi connectivity index (χ0n) is 11.9. The maximum absolute atomic E-state index is 10.9. The Morgan fingerprint density at radius 2 is 2.30 bits per heavy atom. The molecule has 1 atom stereocenters. The number of carbonyl (C=O) groups is 1. The molecule has 0 spiro atoms. The molecule has 1 saturated carbocycles. The van der Waals surface area contributed by atoms with Gasteiger partial charge in [0.15, 0.2) is 0 Å². The fourth-order valence-electron chi connectivity index (χ4n) is 2.07. The lowest BCUT2D eigenvalue weighted by Crippen LogP contribution is -2.26. The van der Waals surface area contributed by atoms with Crippen LogP contribution in [0.3, 0.4) is 0 Å². The van der Waals surface area contributed by atoms with Crippen molar-refractivity contribution in [3.05, 3.63) is 11.8 Å². The average Bonchev–Trinajstić information content (AvgIpc) is 3.18. The number of aliphatic carboxylic acids is 1. The molecule has 1 aliphatic rings. The molecule has 110 valence electrons. The van der Waals surface area contributed by atoms with Crippen molar-refractivity contribution in [1.29, 1.82) is 0 Å². The molecule has 20 heavy (non-hydrogen) atoms. The second-order valence-corrected chi connectivity index (χ2v) is 5.21. The Hall–Kier alpha value is -1.85. The molecule has 0 radical (unpaired) electrons. The zero-order valence-corrected chi connectivity index (χ0v) is 11.9. The van der Waals surface area contributed by atoms with Crippen molar-refractivity contribution in [3.8, 4) is 5.88 Å². The lowest BCUT2D eigenvalue weighted by atomic mass is 10.1. The second-order valence-electron chi connectivity index (χ2n) is 5.21. The van der Waals surface area contributed by atoms with Crippen molar-refractivity contribution in [1.82, 2.24) is 9.97 Å². The fraction of sp³-hybridized carbons (Fsp3) is 0.643. The molecule has 6 nitrogen and oxygen atoms in total. The number of carboxylic acid groups (broad SMARTS) is 1. The van der Waals surface area contributed by atoms with E-state index in [9.17, 15) is 4.79 Å². The molecule has 0 aliphatic heterocycles. The first-order valence-electron chi connectivity index (χ1n) is 7.05. The molecule has 2 N–H and O–H groups in total. The minimum atomic E-state index is -0.801. The summed E-state index contributed by atoms with van der Waals surface area (Å²) >= 11 is 0. The molecule has 2 rings (SSSR count). The van der Waals surface area contributed by atoms with Gasteiger partial charge in [0.25, 0.3) is 0 Å². The molecule has 1 aliphatic carbocycles. The van der Waals surface area contributed by atoms with Gasteiger partial charge in [-0.2, -0.15) is 4.98 Å². The van der Waals surface area contributed by atoms with Gasteiger partial charge in [-0.05, 0) is 32.1 Å². The predicted octanol–water partition coefficient (Wildman–Crippen LogP) is 2.24. The Kier molecular flexibility index (Phi) is 4.76. The van der Waals surface area contributed by atoms with Gasteiger partial charge in [0.05, 0.1) is 13.0 Å². The van der Waals surface area contributed by atoms with Crippen LogP contribution >= 0.6 is 0 Å². The number of hydrogen-bond donors (Lipinski definition) is 2. The maximum atomic E-state index is 10.9. The quantitative estimate of drug-likeness (QED) is 0.759. The monoisotopic (exact) mass is 279 g/mol. The molecule has 0 amide bonds. The molecule has 6 heteroatoms. The summed E-state index contributed by atoms with van der Waals surface area (Å²) < 4.78 is 5.51. The van der Waals surface area contributed by atoms with Crippen LogP contribution in [-0.4, -0.2) is 33.7 Å². The summed E-state index contributed by atoms with van der Waals surface area (Å²) in [5, 5.41) is 12.1. The number of anilines is 1. The van der Waals surface area contributed by atoms with E-state index in [1.807, 2.05) is 13.8 Å². The van der Waals surface area contributed by atoms with E-state index in [1.165, 1.54) is 0 Å². The summed E-state index contributed by atoms with van der Waals surface area (Å²) in [4.78, 5) is 19.5. The van der Waals surface area contributed by atoms with Crippen LogP contribution < -0.4 is 10.1 Å². The molecule has 1 aromatic rings. The van der Waals surface area contributed by atoms with Crippen LogP contribution in [-0.2, 0) is 4.79 Å². The lowest BCUT2D eigenvalue weighted by molar-refractivity contribution is -0.137. The summed E-state index contributed by atoms with van der Waals surface area (Å²) in [5.41, 5.74) is 0.804. The first-order chi connectivity index (χ1) is 9.58. The smallest absolute Gasteiger partial charge is 0.305 e. The predicted molar refractivity (Wildman–Crippen MR) is 74.9 cm³/mol. The van der Waals surface area contributed by atoms with Crippen LogP contribution in [0.1, 0.15) is 38.3 Å². The second kappa shape index (κ2) is 6.54. The summed E-state index contributed by atoms with van der Waals surface area (Å²) in [6.07, 6.45) is 3.13. The number of ether oxygens (including phenoxy) is 1. The highest BCUT2D eigenvalue weighted by Crippen LogP contribution is 2.35. The van der Waals surface area contributed by atoms with Gasteiger partial charge < -0.3 is 15.2 Å². The van der Waals surface area contributed by atoms with Gasteiger partial charge in [0.1, 0.15) is 0 Å². The number of carboxylic acids is 1. The van der Waals surface area contributed by atoms with E-state index in [0.717, 1.165) is 25.0 Å². The van der Waals surface area contributed by atoms with E-state index < -0.39 is 5.97 Å². The highest BCUT2D eigenvalue weighted by molar-refractivity contribution is 5.68. The Bertz CT molecular complexity index is 475. The minimum absolute atomic E-state index is 0.0904. The SMILES string of the molecule is CCCOc1cc(C)nc(NC(CC(=O)O)C2CC2)n1. The van der Waals surface area contributed by atoms with Crippen LogP contribution in [0.15, 0.2) is 6.07 Å². The third-order valence-corrected chi connectivity index (χ3v) is 3.18. The van der Waals surface area contributed by atoms with E-state index >= 15 is 0 Å². The normalized spacial score (nSPS) is 15.7. The molecule has 1 unspecified atom stereocenters. The standard InChI is InChI=1S/C14H21N3O3/c1-3-6-20-12-7-9(2)15-14(17-12)16-11(8-13(18)19)10-4-5-10/h7,10-11H,3-6,8H2,1-2H3,(H,18,19)(H,15,16,17). The van der Waals surface area contributed by atoms with Crippen molar-refractivity contribution in [2.75, 3.05) is 11.9 Å². The minimum Gasteiger partial charge on any atom is -0.481 e. The Labute approximate surface area is 118 Å². The Morgan fingerprint density at radius 1 is 1.55 bits per heavy atom. The molecule has 0 aromatic carbocycles. The van der Waals surface area contributed by atoms with Crippen molar-refractivity contribution >= 4 is 11.9 Å². The van der Waals surface area contributed by atoms with E-state index in [-0.39, 0.29) is 12.5 Å². The summed E-state index contributed by atoms with van der Waals surface area (Å²) in [5.74, 6) is 0.598. The number of rotatable bonds is 8. The fourth-order valence-corrected chi connectivity index (χ4v) is 2.07. The lowest BCUT2D eigenvalue weighted by Gasteiger charge is -2.17. The molecule has 0 saturated heterocycles. The largest absolute Gasteiger partial charge is 0.481 e. The molecule has 1 fully saturated rings. The van der Waals surface area contributed by atoms with Crippen molar-refractivity contribution in [2.24, 2.45) is 5.92 Å². The summed E-state index contributed by atoms with van der Waals surface area (Å²) in [6, 6.07) is 1.68. The Morgan fingerprint density at radius 3 is 2.90 bits per heavy atom. The Balaban J connectivity index is 2.06. The van der Waals surface area contributed by atoms with Gasteiger partial charge in [-0.25, -0.2) is 4.98 Å². The van der Waals surface area contributed by atoms with E-state index in [2.05, 4.69) is 15.3 Å². The number of aromatic nitrogens is 2. The van der Waals surface area contributed by atoms with Crippen LogP contribution in [0.25, 0.3) is 0 Å². The van der Waals surface area contributed by atoms with Gasteiger partial charge in [0.2, 0.25) is 11.8 Å². The third-order valence-electron chi connectivity index (χ3n) is 3.18. The van der Waals surface area contributed by atoms with Crippen LogP contribution in [0.2, 0.25) is 0 Å². The van der Waals surface area contributed by atoms with Crippen molar-refractivity contribution < 1.29 is 14.6 Å². The average molecular weight is 279 g/mol. The number of aryl methyl sites for hydroxylation is 1. The van der Waals surface area contributed by atoms with E-state index in [1.54, 1.807) is 6.07 Å². The number of nitrogens with zero attached hydrogens (tertiary/aromatic N) is 2. The van der Waals surface area contributed by atoms with Crippen LogP contribution in [0, 0.1) is 12.8 Å². The highest BCUT2D eigenvalue weighted by atomic mass is 16.5. The summed E-state index contributed by atoms with van der Waals surface area (Å²) in [6.45, 7) is 4.51. The van der Waals surface area contributed by atoms with E-state index in [0.29, 0.717) is 24.4 Å². The highest BCUT2D eigenvalue weighted by Gasteiger charge is 2.33. The van der Waals surface area contributed by atoms with Crippen LogP contribution in [0.5, 0.6) is 5.88 Å². The van der Waals surface area contributed by atoms with Gasteiger partial charge in [0, 0.05) is 17.8 Å². The molecule has 1 aromatic heterocycles. The topological polar surface area (TPSA) is 84.3 Å². The molecular formula is C14H21N3O3. The molecular weight excluding hydrogens is 258 g/mol. The van der Waals surface area contributed by atoms with E-state index in [4.69, 9.17) is 9.84 Å². The van der Waals surface area contributed by atoms with Gasteiger partial charge in [-0.15, -0.1) is 0 Å². The number of hydrogen-bond acceptors (Lipinski definition) is 5. The third kappa shape index (κ3) is 4.36. The van der Waals surface area contributed by atoms with Gasteiger partial charge in [-0.1, -0.05) is 6.92 Å². The summed E-state index contributed by atoms with van der Waals surface area (Å²) in [7, 11) is 0. The van der Waals surface area contributed by atoms with Crippen molar-refractivity contribution in [2.45, 2.75) is 45.6 Å². The van der Waals surface area contributed by atoms with Crippen molar-refractivity contribution in [3.63, 3.8) is 0 Å². The zero-order chi connectivity index (χ0) is 14.5. The van der Waals surface area contributed by atoms with Crippen LogP contribution in [0.4, 0.5) is 5.95 Å². The first kappa shape index (κ1) is 14.6. The number of nitrogens with one attached hydrogen (secondary N) is 1. The first-order valence-corrected chi connectivity index (χ1v) is 7.05. The molecule has 0 bridgehead atoms.